The van der Waals surface area contributed by atoms with E-state index >= 15 is 0 Å². The third kappa shape index (κ3) is 10.1. The lowest BCUT2D eigenvalue weighted by molar-refractivity contribution is -0.140. The first-order chi connectivity index (χ1) is 12.2. The van der Waals surface area contributed by atoms with Gasteiger partial charge in [0, 0.05) is 12.8 Å². The van der Waals surface area contributed by atoms with E-state index in [1.54, 1.807) is 18.3 Å². The fourth-order valence-corrected chi connectivity index (χ4v) is 2.09. The molecule has 0 spiro atoms. The number of amides is 1. The highest BCUT2D eigenvalue weighted by Crippen LogP contribution is 2.11. The van der Waals surface area contributed by atoms with Gasteiger partial charge in [0.2, 0.25) is 5.91 Å². The largest absolute Gasteiger partial charge is 0.491 e. The van der Waals surface area contributed by atoms with Crippen molar-refractivity contribution in [2.45, 2.75) is 38.5 Å². The molecular weight excluding hydrogens is 324 g/mol. The van der Waals surface area contributed by atoms with Crippen LogP contribution in [-0.4, -0.2) is 43.5 Å². The van der Waals surface area contributed by atoms with E-state index in [2.05, 4.69) is 15.3 Å². The summed E-state index contributed by atoms with van der Waals surface area (Å²) in [7, 11) is 1.38. The van der Waals surface area contributed by atoms with E-state index in [4.69, 9.17) is 9.84 Å². The molecule has 2 N–H and O–H groups in total. The SMILES string of the molecule is COC(=O)CCCCCCC(=O)N/N=C/c1cccc(OCCO)c1. The summed E-state index contributed by atoms with van der Waals surface area (Å²) in [5.74, 6) is 0.297. The van der Waals surface area contributed by atoms with Gasteiger partial charge in [-0.15, -0.1) is 0 Å². The van der Waals surface area contributed by atoms with E-state index in [1.165, 1.54) is 7.11 Å². The van der Waals surface area contributed by atoms with Crippen molar-refractivity contribution in [1.29, 1.82) is 0 Å². The van der Waals surface area contributed by atoms with Crippen LogP contribution in [0.1, 0.15) is 44.1 Å². The molecule has 1 rings (SSSR count). The molecule has 0 bridgehead atoms. The summed E-state index contributed by atoms with van der Waals surface area (Å²) >= 11 is 0. The molecule has 7 nitrogen and oxygen atoms in total. The number of nitrogens with zero attached hydrogens (tertiary/aromatic N) is 1. The van der Waals surface area contributed by atoms with Gasteiger partial charge in [-0.25, -0.2) is 5.43 Å². The lowest BCUT2D eigenvalue weighted by Gasteiger charge is -2.04. The molecule has 1 aromatic carbocycles. The zero-order valence-corrected chi connectivity index (χ0v) is 14.6. The molecule has 25 heavy (non-hydrogen) atoms. The van der Waals surface area contributed by atoms with Gasteiger partial charge >= 0.3 is 5.97 Å². The summed E-state index contributed by atoms with van der Waals surface area (Å²) in [6.45, 7) is 0.189. The van der Waals surface area contributed by atoms with Crippen molar-refractivity contribution in [2.75, 3.05) is 20.3 Å². The number of benzene rings is 1. The second-order valence-corrected chi connectivity index (χ2v) is 5.43. The molecule has 0 unspecified atom stereocenters. The quantitative estimate of drug-likeness (QED) is 0.260. The van der Waals surface area contributed by atoms with Crippen molar-refractivity contribution in [3.05, 3.63) is 29.8 Å². The standard InChI is InChI=1S/C18H26N2O5/c1-24-18(23)10-5-3-2-4-9-17(22)20-19-14-15-7-6-8-16(13-15)25-12-11-21/h6-8,13-14,21H,2-5,9-12H2,1H3,(H,20,22)/b19-14+. The minimum absolute atomic E-state index is 0.0446. The Kier molecular flexibility index (Phi) is 10.7. The van der Waals surface area contributed by atoms with Crippen molar-refractivity contribution >= 4 is 18.1 Å². The Balaban J connectivity index is 2.18. The van der Waals surface area contributed by atoms with Gasteiger partial charge in [0.1, 0.15) is 12.4 Å². The zero-order chi connectivity index (χ0) is 18.3. The van der Waals surface area contributed by atoms with Crippen LogP contribution >= 0.6 is 0 Å². The Morgan fingerprint density at radius 3 is 2.68 bits per heavy atom. The molecule has 0 aliphatic carbocycles. The van der Waals surface area contributed by atoms with Crippen LogP contribution in [0.15, 0.2) is 29.4 Å². The smallest absolute Gasteiger partial charge is 0.305 e. The van der Waals surface area contributed by atoms with Gasteiger partial charge in [0.15, 0.2) is 0 Å². The van der Waals surface area contributed by atoms with E-state index < -0.39 is 0 Å². The molecule has 7 heteroatoms. The number of methoxy groups -OCH3 is 1. The van der Waals surface area contributed by atoms with Gasteiger partial charge in [-0.3, -0.25) is 9.59 Å². The van der Waals surface area contributed by atoms with Crippen LogP contribution in [0.4, 0.5) is 0 Å². The third-order valence-corrected chi connectivity index (χ3v) is 3.38. The highest BCUT2D eigenvalue weighted by molar-refractivity contribution is 5.82. The number of hydrogen-bond donors (Lipinski definition) is 2. The number of nitrogens with one attached hydrogen (secondary N) is 1. The molecule has 0 aliphatic rings. The maximum absolute atomic E-state index is 11.7. The summed E-state index contributed by atoms with van der Waals surface area (Å²) in [6, 6.07) is 7.20. The van der Waals surface area contributed by atoms with Gasteiger partial charge in [-0.05, 0) is 30.5 Å². The molecule has 0 saturated carbocycles. The molecule has 0 aromatic heterocycles. The van der Waals surface area contributed by atoms with E-state index in [-0.39, 0.29) is 25.1 Å². The Hall–Kier alpha value is -2.41. The van der Waals surface area contributed by atoms with Crippen LogP contribution in [0.25, 0.3) is 0 Å². The van der Waals surface area contributed by atoms with Crippen molar-refractivity contribution in [1.82, 2.24) is 5.43 Å². The number of hydrogen-bond acceptors (Lipinski definition) is 6. The maximum Gasteiger partial charge on any atom is 0.305 e. The number of hydrazone groups is 1. The topological polar surface area (TPSA) is 97.2 Å². The number of esters is 1. The van der Waals surface area contributed by atoms with Gasteiger partial charge in [-0.2, -0.15) is 5.10 Å². The van der Waals surface area contributed by atoms with Crippen LogP contribution in [-0.2, 0) is 14.3 Å². The molecule has 0 saturated heterocycles. The molecule has 138 valence electrons. The van der Waals surface area contributed by atoms with Crippen LogP contribution in [0.5, 0.6) is 5.75 Å². The van der Waals surface area contributed by atoms with Crippen molar-refractivity contribution < 1.29 is 24.2 Å². The Labute approximate surface area is 148 Å². The van der Waals surface area contributed by atoms with E-state index in [1.807, 2.05) is 12.1 Å². The lowest BCUT2D eigenvalue weighted by Crippen LogP contribution is -2.16. The molecule has 1 amide bonds. The summed E-state index contributed by atoms with van der Waals surface area (Å²) in [5.41, 5.74) is 3.28. The molecular formula is C18H26N2O5. The van der Waals surface area contributed by atoms with Gasteiger partial charge < -0.3 is 14.6 Å². The molecule has 0 fully saturated rings. The second kappa shape index (κ2) is 12.9. The number of carbonyl (C=O) groups excluding carboxylic acids is 2. The second-order valence-electron chi connectivity index (χ2n) is 5.43. The molecule has 0 atom stereocenters. The molecule has 0 radical (unpaired) electrons. The lowest BCUT2D eigenvalue weighted by atomic mass is 10.1. The Bertz CT molecular complexity index is 560. The van der Waals surface area contributed by atoms with Gasteiger partial charge in [0.25, 0.3) is 0 Å². The van der Waals surface area contributed by atoms with Gasteiger partial charge in [-0.1, -0.05) is 25.0 Å². The van der Waals surface area contributed by atoms with Crippen LogP contribution in [0, 0.1) is 0 Å². The van der Waals surface area contributed by atoms with Crippen molar-refractivity contribution in [3.63, 3.8) is 0 Å². The fraction of sp³-hybridized carbons (Fsp3) is 0.500. The monoisotopic (exact) mass is 350 g/mol. The predicted molar refractivity (Wildman–Crippen MR) is 94.5 cm³/mol. The van der Waals surface area contributed by atoms with Crippen molar-refractivity contribution in [2.24, 2.45) is 5.10 Å². The zero-order valence-electron chi connectivity index (χ0n) is 14.6. The van der Waals surface area contributed by atoms with Crippen LogP contribution in [0.2, 0.25) is 0 Å². The number of rotatable bonds is 12. The van der Waals surface area contributed by atoms with E-state index in [0.29, 0.717) is 18.6 Å². The average molecular weight is 350 g/mol. The predicted octanol–water partition coefficient (Wildman–Crippen LogP) is 2.02. The normalized spacial score (nSPS) is 10.6. The molecule has 0 aliphatic heterocycles. The minimum atomic E-state index is -0.196. The minimum Gasteiger partial charge on any atom is -0.491 e. The maximum atomic E-state index is 11.7. The first-order valence-corrected chi connectivity index (χ1v) is 8.38. The number of ether oxygens (including phenoxy) is 2. The molecule has 0 heterocycles. The Morgan fingerprint density at radius 2 is 1.96 bits per heavy atom. The molecule has 1 aromatic rings. The summed E-state index contributed by atoms with van der Waals surface area (Å²) in [6.07, 6.45) is 5.68. The third-order valence-electron chi connectivity index (χ3n) is 3.38. The van der Waals surface area contributed by atoms with E-state index in [0.717, 1.165) is 31.2 Å². The number of aliphatic hydroxyl groups is 1. The van der Waals surface area contributed by atoms with Crippen molar-refractivity contribution in [3.8, 4) is 5.75 Å². The van der Waals surface area contributed by atoms with E-state index in [9.17, 15) is 9.59 Å². The highest BCUT2D eigenvalue weighted by atomic mass is 16.5. The number of unbranched alkanes of at least 4 members (excludes halogenated alkanes) is 3. The summed E-state index contributed by atoms with van der Waals surface area (Å²) < 4.78 is 9.87. The summed E-state index contributed by atoms with van der Waals surface area (Å²) in [4.78, 5) is 22.6. The highest BCUT2D eigenvalue weighted by Gasteiger charge is 2.02. The Morgan fingerprint density at radius 1 is 1.20 bits per heavy atom. The van der Waals surface area contributed by atoms with Crippen LogP contribution < -0.4 is 10.2 Å². The van der Waals surface area contributed by atoms with Gasteiger partial charge in [0.05, 0.1) is 19.9 Å². The first kappa shape index (κ1) is 20.6. The fourth-order valence-electron chi connectivity index (χ4n) is 2.09. The van der Waals surface area contributed by atoms with Crippen LogP contribution in [0.3, 0.4) is 0 Å². The first-order valence-electron chi connectivity index (χ1n) is 8.38. The average Bonchev–Trinajstić information content (AvgIpc) is 2.63. The number of aliphatic hydroxyl groups excluding tert-OH is 1. The summed E-state index contributed by atoms with van der Waals surface area (Å²) in [5, 5.41) is 12.7. The number of carbonyl (C=O) groups is 2.